The van der Waals surface area contributed by atoms with Gasteiger partial charge in [-0.3, -0.25) is 14.4 Å². The highest BCUT2D eigenvalue weighted by Gasteiger charge is 2.77. The van der Waals surface area contributed by atoms with E-state index in [9.17, 15) is 19.5 Å². The lowest BCUT2D eigenvalue weighted by Crippen LogP contribution is -2.59. The molecule has 3 aliphatic heterocycles. The van der Waals surface area contributed by atoms with Gasteiger partial charge in [-0.05, 0) is 67.9 Å². The van der Waals surface area contributed by atoms with Gasteiger partial charge in [0.15, 0.2) is 0 Å². The average molecular weight is 637 g/mol. The highest BCUT2D eigenvalue weighted by Crippen LogP contribution is 2.69. The minimum absolute atomic E-state index is 0.0195. The first-order valence-corrected chi connectivity index (χ1v) is 16.6. The number of carbonyl (C=O) groups is 3. The molecule has 0 aliphatic carbocycles. The van der Waals surface area contributed by atoms with Crippen molar-refractivity contribution in [3.63, 3.8) is 0 Å². The second-order valence-corrected chi connectivity index (χ2v) is 14.0. The maximum Gasteiger partial charge on any atom is 0.310 e. The highest BCUT2D eigenvalue weighted by atomic mass is 35.5. The van der Waals surface area contributed by atoms with E-state index in [1.165, 1.54) is 0 Å². The number of nitrogens with zero attached hydrogens (tertiary/aromatic N) is 2. The Bertz CT molecular complexity index is 1370. The number of benzene rings is 2. The summed E-state index contributed by atoms with van der Waals surface area (Å²) < 4.78 is 4.92. The monoisotopic (exact) mass is 636 g/mol. The summed E-state index contributed by atoms with van der Waals surface area (Å²) in [4.78, 5) is 46.5. The van der Waals surface area contributed by atoms with Crippen LogP contribution in [0, 0.1) is 17.8 Å². The van der Waals surface area contributed by atoms with Crippen LogP contribution in [-0.4, -0.2) is 69.6 Å². The van der Waals surface area contributed by atoms with Crippen molar-refractivity contribution in [1.29, 1.82) is 0 Å². The Kier molecular flexibility index (Phi) is 10.2. The molecule has 5 rings (SSSR count). The molecule has 2 aromatic rings. The molecule has 7 atom stereocenters. The van der Waals surface area contributed by atoms with Crippen molar-refractivity contribution >= 4 is 46.8 Å². The lowest BCUT2D eigenvalue weighted by Gasteiger charge is -2.42. The van der Waals surface area contributed by atoms with Crippen LogP contribution in [-0.2, 0) is 25.5 Å². The van der Waals surface area contributed by atoms with Crippen LogP contribution in [0.25, 0.3) is 0 Å². The van der Waals surface area contributed by atoms with Gasteiger partial charge < -0.3 is 19.6 Å². The zero-order valence-electron chi connectivity index (χ0n) is 25.1. The van der Waals surface area contributed by atoms with Crippen molar-refractivity contribution in [2.75, 3.05) is 24.7 Å². The van der Waals surface area contributed by atoms with Gasteiger partial charge in [-0.2, -0.15) is 0 Å². The van der Waals surface area contributed by atoms with E-state index in [-0.39, 0.29) is 48.7 Å². The molecule has 0 radical (unpaired) electrons. The number of esters is 1. The Morgan fingerprint density at radius 2 is 1.89 bits per heavy atom. The van der Waals surface area contributed by atoms with Gasteiger partial charge in [0.2, 0.25) is 5.91 Å². The predicted molar refractivity (Wildman–Crippen MR) is 176 cm³/mol. The summed E-state index contributed by atoms with van der Waals surface area (Å²) in [6.07, 6.45) is 7.01. The lowest BCUT2D eigenvalue weighted by molar-refractivity contribution is -0.155. The van der Waals surface area contributed by atoms with Crippen LogP contribution in [0.1, 0.15) is 38.2 Å². The van der Waals surface area contributed by atoms with Gasteiger partial charge >= 0.3 is 5.97 Å². The average Bonchev–Trinajstić information content (AvgIpc) is 3.62. The maximum atomic E-state index is 14.9. The number of rotatable bonds is 14. The van der Waals surface area contributed by atoms with Gasteiger partial charge in [-0.25, -0.2) is 0 Å². The molecule has 2 amide bonds. The molecule has 2 aromatic carbocycles. The summed E-state index contributed by atoms with van der Waals surface area (Å²) in [6, 6.07) is 15.1. The summed E-state index contributed by atoms with van der Waals surface area (Å²) in [5.74, 6) is -2.28. The number of aliphatic hydroxyl groups is 1. The Labute approximate surface area is 269 Å². The molecule has 3 unspecified atom stereocenters. The Hall–Kier alpha value is -3.07. The number of halogens is 1. The summed E-state index contributed by atoms with van der Waals surface area (Å²) in [7, 11) is 0. The molecule has 3 heterocycles. The zero-order valence-corrected chi connectivity index (χ0v) is 26.7. The number of unbranched alkanes of at least 4 members (excludes halogenated alkanes) is 2. The fraction of sp³-hybridized carbons (Fsp3) is 0.457. The van der Waals surface area contributed by atoms with E-state index in [0.29, 0.717) is 23.6 Å². The molecule has 0 aromatic heterocycles. The molecule has 2 bridgehead atoms. The minimum Gasteiger partial charge on any atom is -0.465 e. The summed E-state index contributed by atoms with van der Waals surface area (Å²) in [5, 5.41) is 11.2. The van der Waals surface area contributed by atoms with Crippen LogP contribution < -0.4 is 4.90 Å². The largest absolute Gasteiger partial charge is 0.465 e. The van der Waals surface area contributed by atoms with E-state index in [2.05, 4.69) is 20.1 Å². The quantitative estimate of drug-likeness (QED) is 0.163. The van der Waals surface area contributed by atoms with Gasteiger partial charge in [-0.1, -0.05) is 61.0 Å². The molecule has 3 fully saturated rings. The second kappa shape index (κ2) is 13.9. The zero-order chi connectivity index (χ0) is 31.4. The SMILES string of the molecule is C=CCCCCOC(=O)[C@@H]1[C@H]2C(=O)N([C@@H](CO)Cc3ccccc3)C(C(=O)N(CC=C)c3ccc(Cl)cc3)C23S[C@@H]1CC3C. The fourth-order valence-corrected chi connectivity index (χ4v) is 9.93. The molecule has 0 saturated carbocycles. The van der Waals surface area contributed by atoms with Crippen LogP contribution in [0.5, 0.6) is 0 Å². The number of aliphatic hydroxyl groups excluding tert-OH is 1. The minimum atomic E-state index is -0.896. The van der Waals surface area contributed by atoms with Crippen LogP contribution in [0.3, 0.4) is 0 Å². The number of fused-ring (bicyclic) bond motifs is 1. The number of amides is 2. The highest BCUT2D eigenvalue weighted by molar-refractivity contribution is 8.02. The first kappa shape index (κ1) is 32.3. The number of hydrogen-bond acceptors (Lipinski definition) is 6. The van der Waals surface area contributed by atoms with Crippen LogP contribution in [0.2, 0.25) is 5.02 Å². The Balaban J connectivity index is 1.55. The summed E-state index contributed by atoms with van der Waals surface area (Å²) >= 11 is 7.77. The standard InChI is InChI=1S/C35H41ClN2O5S/c1-4-6-7-11-19-43-34(42)29-28-20-23(3)35(44-28)30(29)32(40)38(27(22-39)21-24-12-9-8-10-13-24)31(35)33(41)37(18-5-2)26-16-14-25(36)15-17-26/h4-5,8-10,12-17,23,27-31,39H,1-2,6-7,11,18-22H2,3H3/t23?,27-,28-,29+,30+,31?,35?/m1/s1. The van der Waals surface area contributed by atoms with E-state index in [0.717, 1.165) is 24.8 Å². The third kappa shape index (κ3) is 5.84. The number of anilines is 1. The number of thioether (sulfide) groups is 1. The second-order valence-electron chi connectivity index (χ2n) is 12.0. The number of carbonyl (C=O) groups excluding carboxylic acids is 3. The van der Waals surface area contributed by atoms with E-state index < -0.39 is 28.7 Å². The number of hydrogen-bond donors (Lipinski definition) is 1. The van der Waals surface area contributed by atoms with E-state index in [4.69, 9.17) is 16.3 Å². The normalized spacial score (nSPS) is 27.6. The fourth-order valence-electron chi connectivity index (χ4n) is 7.42. The molecular formula is C35H41ClN2O5S. The van der Waals surface area contributed by atoms with Crippen LogP contribution >= 0.6 is 23.4 Å². The Morgan fingerprint density at radius 3 is 2.55 bits per heavy atom. The van der Waals surface area contributed by atoms with E-state index >= 15 is 0 Å². The van der Waals surface area contributed by atoms with Gasteiger partial charge in [-0.15, -0.1) is 24.9 Å². The molecule has 7 nitrogen and oxygen atoms in total. The molecule has 1 spiro atoms. The van der Waals surface area contributed by atoms with Crippen molar-refractivity contribution in [3.8, 4) is 0 Å². The third-order valence-electron chi connectivity index (χ3n) is 9.37. The van der Waals surface area contributed by atoms with Crippen molar-refractivity contribution in [1.82, 2.24) is 4.90 Å². The summed E-state index contributed by atoms with van der Waals surface area (Å²) in [5.41, 5.74) is 1.58. The van der Waals surface area contributed by atoms with Gasteiger partial charge in [0, 0.05) is 22.5 Å². The third-order valence-corrected chi connectivity index (χ3v) is 11.7. The number of likely N-dealkylation sites (tertiary alicyclic amines) is 1. The molecular weight excluding hydrogens is 596 g/mol. The molecule has 1 N–H and O–H groups in total. The van der Waals surface area contributed by atoms with Gasteiger partial charge in [0.1, 0.15) is 6.04 Å². The van der Waals surface area contributed by atoms with Gasteiger partial charge in [0.05, 0.1) is 35.8 Å². The van der Waals surface area contributed by atoms with E-state index in [1.54, 1.807) is 51.9 Å². The number of allylic oxidation sites excluding steroid dienone is 1. The molecule has 9 heteroatoms. The molecule has 3 aliphatic rings. The van der Waals surface area contributed by atoms with Crippen LogP contribution in [0.15, 0.2) is 79.9 Å². The molecule has 234 valence electrons. The Morgan fingerprint density at radius 1 is 1.16 bits per heavy atom. The predicted octanol–water partition coefficient (Wildman–Crippen LogP) is 5.70. The van der Waals surface area contributed by atoms with Crippen molar-refractivity contribution < 1.29 is 24.2 Å². The molecule has 44 heavy (non-hydrogen) atoms. The van der Waals surface area contributed by atoms with Crippen LogP contribution in [0.4, 0.5) is 5.69 Å². The van der Waals surface area contributed by atoms with Crippen molar-refractivity contribution in [2.24, 2.45) is 17.8 Å². The summed E-state index contributed by atoms with van der Waals surface area (Å²) in [6.45, 7) is 9.90. The molecule has 3 saturated heterocycles. The van der Waals surface area contributed by atoms with E-state index in [1.807, 2.05) is 36.4 Å². The maximum absolute atomic E-state index is 14.9. The smallest absolute Gasteiger partial charge is 0.310 e. The number of ether oxygens (including phenoxy) is 1. The first-order valence-electron chi connectivity index (χ1n) is 15.4. The first-order chi connectivity index (χ1) is 21.3. The van der Waals surface area contributed by atoms with Gasteiger partial charge in [0.25, 0.3) is 5.91 Å². The topological polar surface area (TPSA) is 87.1 Å². The lowest BCUT2D eigenvalue weighted by atomic mass is 9.66. The van der Waals surface area contributed by atoms with Crippen molar-refractivity contribution in [2.45, 2.75) is 61.1 Å². The van der Waals surface area contributed by atoms with Crippen molar-refractivity contribution in [3.05, 3.63) is 90.5 Å².